The number of benzene rings is 1. The third-order valence-electron chi connectivity index (χ3n) is 5.68. The van der Waals surface area contributed by atoms with Gasteiger partial charge in [0.05, 0.1) is 0 Å². The summed E-state index contributed by atoms with van der Waals surface area (Å²) in [6.45, 7) is 4.54. The number of thioether (sulfide) groups is 1. The predicted molar refractivity (Wildman–Crippen MR) is 101 cm³/mol. The number of carbonyl (C=O) groups excluding carboxylic acids is 1. The minimum atomic E-state index is -0.0986. The molecule has 1 N–H and O–H groups in total. The van der Waals surface area contributed by atoms with Crippen molar-refractivity contribution in [1.82, 2.24) is 10.2 Å². The second-order valence-corrected chi connectivity index (χ2v) is 7.83. The molecule has 1 aromatic heterocycles. The molecule has 132 valence electrons. The van der Waals surface area contributed by atoms with Crippen molar-refractivity contribution in [2.24, 2.45) is 5.92 Å². The highest BCUT2D eigenvalue weighted by atomic mass is 32.2. The molecule has 3 aliphatic heterocycles. The lowest BCUT2D eigenvalue weighted by atomic mass is 9.79. The lowest BCUT2D eigenvalue weighted by Crippen LogP contribution is -2.62. The number of hydrogen-bond donors (Lipinski definition) is 1. The van der Waals surface area contributed by atoms with Gasteiger partial charge in [-0.3, -0.25) is 9.69 Å². The van der Waals surface area contributed by atoms with Crippen LogP contribution in [0.1, 0.15) is 30.3 Å². The van der Waals surface area contributed by atoms with E-state index in [4.69, 9.17) is 4.42 Å². The van der Waals surface area contributed by atoms with Gasteiger partial charge < -0.3 is 9.73 Å². The third-order valence-corrected chi connectivity index (χ3v) is 6.47. The van der Waals surface area contributed by atoms with E-state index < -0.39 is 0 Å². The van der Waals surface area contributed by atoms with Crippen molar-refractivity contribution in [1.29, 1.82) is 0 Å². The number of amides is 1. The van der Waals surface area contributed by atoms with Crippen LogP contribution in [0.2, 0.25) is 0 Å². The summed E-state index contributed by atoms with van der Waals surface area (Å²) in [4.78, 5) is 16.3. The van der Waals surface area contributed by atoms with E-state index in [1.165, 1.54) is 12.8 Å². The molecule has 3 fully saturated rings. The first kappa shape index (κ1) is 16.7. The zero-order valence-electron chi connectivity index (χ0n) is 14.7. The Morgan fingerprint density at radius 3 is 2.68 bits per heavy atom. The van der Waals surface area contributed by atoms with Gasteiger partial charge in [-0.25, -0.2) is 0 Å². The molecule has 0 saturated carbocycles. The highest BCUT2D eigenvalue weighted by molar-refractivity contribution is 7.98. The van der Waals surface area contributed by atoms with Crippen molar-refractivity contribution in [2.45, 2.75) is 36.7 Å². The molecule has 2 aromatic rings. The average Bonchev–Trinajstić information content (AvgIpc) is 3.15. The minimum Gasteiger partial charge on any atom is -0.451 e. The van der Waals surface area contributed by atoms with Crippen molar-refractivity contribution in [2.75, 3.05) is 19.3 Å². The van der Waals surface area contributed by atoms with E-state index in [0.717, 1.165) is 29.3 Å². The van der Waals surface area contributed by atoms with Gasteiger partial charge in [-0.2, -0.15) is 0 Å². The minimum absolute atomic E-state index is 0.0986. The molecule has 0 unspecified atom stereocenters. The van der Waals surface area contributed by atoms with E-state index in [-0.39, 0.29) is 11.9 Å². The largest absolute Gasteiger partial charge is 0.451 e. The summed E-state index contributed by atoms with van der Waals surface area (Å²) >= 11 is 1.68. The third kappa shape index (κ3) is 3.11. The van der Waals surface area contributed by atoms with E-state index >= 15 is 0 Å². The summed E-state index contributed by atoms with van der Waals surface area (Å²) in [7, 11) is 0. The van der Waals surface area contributed by atoms with Crippen molar-refractivity contribution in [3.63, 3.8) is 0 Å². The van der Waals surface area contributed by atoms with Crippen LogP contribution in [0.4, 0.5) is 0 Å². The molecule has 0 aliphatic carbocycles. The average molecular weight is 356 g/mol. The number of carbonyl (C=O) groups is 1. The Labute approximate surface area is 153 Å². The quantitative estimate of drug-likeness (QED) is 0.845. The van der Waals surface area contributed by atoms with Crippen LogP contribution in [0.25, 0.3) is 11.3 Å². The summed E-state index contributed by atoms with van der Waals surface area (Å²) in [6, 6.07) is 12.4. The molecule has 4 heterocycles. The summed E-state index contributed by atoms with van der Waals surface area (Å²) in [5.41, 5.74) is 1.03. The van der Waals surface area contributed by atoms with E-state index in [0.29, 0.717) is 17.7 Å². The molecule has 2 bridgehead atoms. The molecule has 3 aliphatic rings. The summed E-state index contributed by atoms with van der Waals surface area (Å²) < 4.78 is 5.89. The Morgan fingerprint density at radius 1 is 1.20 bits per heavy atom. The molecule has 1 amide bonds. The molecule has 1 aromatic carbocycles. The van der Waals surface area contributed by atoms with Gasteiger partial charge in [-0.15, -0.1) is 11.8 Å². The molecule has 0 radical (unpaired) electrons. The van der Waals surface area contributed by atoms with Crippen LogP contribution in [0.5, 0.6) is 0 Å². The fraction of sp³-hybridized carbons (Fsp3) is 0.450. The second-order valence-electron chi connectivity index (χ2n) is 6.98. The van der Waals surface area contributed by atoms with Crippen LogP contribution >= 0.6 is 11.8 Å². The Morgan fingerprint density at radius 2 is 1.96 bits per heavy atom. The number of nitrogens with zero attached hydrogens (tertiary/aromatic N) is 1. The van der Waals surface area contributed by atoms with E-state index in [1.807, 2.05) is 30.5 Å². The lowest BCUT2D eigenvalue weighted by Gasteiger charge is -2.49. The standard InChI is InChI=1S/C20H24N2O2S/c1-13-19(14-9-11-22(13)12-10-14)21-20(23)17-8-7-16(24-17)15-5-3-4-6-18(15)25-2/h3-8,13-14,19H,9-12H2,1-2H3,(H,21,23)/t13-,19-/m0/s1. The van der Waals surface area contributed by atoms with Crippen LogP contribution in [0.15, 0.2) is 45.7 Å². The maximum Gasteiger partial charge on any atom is 0.287 e. The Hall–Kier alpha value is -1.72. The second kappa shape index (κ2) is 6.89. The van der Waals surface area contributed by atoms with Gasteiger partial charge in [0.15, 0.2) is 5.76 Å². The smallest absolute Gasteiger partial charge is 0.287 e. The number of rotatable bonds is 4. The fourth-order valence-corrected chi connectivity index (χ4v) is 4.82. The van der Waals surface area contributed by atoms with Gasteiger partial charge in [0, 0.05) is 22.5 Å². The van der Waals surface area contributed by atoms with Crippen molar-refractivity contribution in [3.8, 4) is 11.3 Å². The maximum absolute atomic E-state index is 12.7. The summed E-state index contributed by atoms with van der Waals surface area (Å²) in [5.74, 6) is 1.64. The Bertz CT molecular complexity index is 763. The van der Waals surface area contributed by atoms with Crippen LogP contribution in [0, 0.1) is 5.92 Å². The van der Waals surface area contributed by atoms with Gasteiger partial charge in [-0.05, 0) is 63.2 Å². The molecule has 0 spiro atoms. The molecular weight excluding hydrogens is 332 g/mol. The number of hydrogen-bond acceptors (Lipinski definition) is 4. The Kier molecular flexibility index (Phi) is 4.61. The zero-order valence-corrected chi connectivity index (χ0v) is 15.5. The molecular formula is C20H24N2O2S. The van der Waals surface area contributed by atoms with Crippen LogP contribution < -0.4 is 5.32 Å². The topological polar surface area (TPSA) is 45.5 Å². The molecule has 25 heavy (non-hydrogen) atoms. The molecule has 5 heteroatoms. The van der Waals surface area contributed by atoms with Crippen LogP contribution in [-0.2, 0) is 0 Å². The van der Waals surface area contributed by atoms with Gasteiger partial charge in [0.2, 0.25) is 0 Å². The molecule has 2 atom stereocenters. The first-order valence-electron chi connectivity index (χ1n) is 8.95. The van der Waals surface area contributed by atoms with Gasteiger partial charge in [-0.1, -0.05) is 18.2 Å². The van der Waals surface area contributed by atoms with Gasteiger partial charge >= 0.3 is 0 Å². The Balaban J connectivity index is 1.51. The summed E-state index contributed by atoms with van der Waals surface area (Å²) in [5, 5.41) is 3.23. The number of nitrogens with one attached hydrogen (secondary N) is 1. The van der Waals surface area contributed by atoms with Gasteiger partial charge in [0.25, 0.3) is 5.91 Å². The fourth-order valence-electron chi connectivity index (χ4n) is 4.22. The highest BCUT2D eigenvalue weighted by Crippen LogP contribution is 2.33. The zero-order chi connectivity index (χ0) is 17.4. The summed E-state index contributed by atoms with van der Waals surface area (Å²) in [6.07, 6.45) is 4.41. The lowest BCUT2D eigenvalue weighted by molar-refractivity contribution is 0.0211. The van der Waals surface area contributed by atoms with Crippen LogP contribution in [0.3, 0.4) is 0 Å². The molecule has 5 rings (SSSR count). The normalized spacial score (nSPS) is 28.1. The molecule has 3 saturated heterocycles. The first-order chi connectivity index (χ1) is 12.2. The number of piperidine rings is 3. The van der Waals surface area contributed by atoms with Crippen molar-refractivity contribution in [3.05, 3.63) is 42.2 Å². The van der Waals surface area contributed by atoms with Gasteiger partial charge in [0.1, 0.15) is 5.76 Å². The van der Waals surface area contributed by atoms with E-state index in [1.54, 1.807) is 17.8 Å². The van der Waals surface area contributed by atoms with E-state index in [2.05, 4.69) is 23.2 Å². The number of fused-ring (bicyclic) bond motifs is 3. The monoisotopic (exact) mass is 356 g/mol. The van der Waals surface area contributed by atoms with E-state index in [9.17, 15) is 4.79 Å². The maximum atomic E-state index is 12.7. The number of furan rings is 1. The van der Waals surface area contributed by atoms with Crippen LogP contribution in [-0.4, -0.2) is 42.2 Å². The first-order valence-corrected chi connectivity index (χ1v) is 10.2. The predicted octanol–water partition coefficient (Wildman–Crippen LogP) is 3.88. The molecule has 4 nitrogen and oxygen atoms in total. The highest BCUT2D eigenvalue weighted by Gasteiger charge is 2.40. The van der Waals surface area contributed by atoms with Crippen molar-refractivity contribution >= 4 is 17.7 Å². The SMILES string of the molecule is CSc1ccccc1-c1ccc(C(=O)N[C@@H]2C3CCN(CC3)[C@H]2C)o1. The van der Waals surface area contributed by atoms with Crippen molar-refractivity contribution < 1.29 is 9.21 Å².